The van der Waals surface area contributed by atoms with E-state index in [1.807, 2.05) is 0 Å². The first-order chi connectivity index (χ1) is 8.34. The summed E-state index contributed by atoms with van der Waals surface area (Å²) in [6.45, 7) is 2.11. The summed E-state index contributed by atoms with van der Waals surface area (Å²) in [4.78, 5) is 14.7. The maximum Gasteiger partial charge on any atom is 0.223 e. The van der Waals surface area contributed by atoms with E-state index in [0.717, 1.165) is 25.9 Å². The molecule has 2 heterocycles. The Balaban J connectivity index is 1.63. The zero-order valence-corrected chi connectivity index (χ0v) is 10.7. The fraction of sp³-hybridized carbons (Fsp3) is 0.929. The lowest BCUT2D eigenvalue weighted by Crippen LogP contribution is -2.43. The summed E-state index contributed by atoms with van der Waals surface area (Å²) < 4.78 is 0. The molecule has 3 fully saturated rings. The van der Waals surface area contributed by atoms with Crippen molar-refractivity contribution in [2.45, 2.75) is 63.5 Å². The lowest BCUT2D eigenvalue weighted by Gasteiger charge is -2.29. The van der Waals surface area contributed by atoms with E-state index in [1.54, 1.807) is 0 Å². The smallest absolute Gasteiger partial charge is 0.223 e. The van der Waals surface area contributed by atoms with Crippen LogP contribution in [0.5, 0.6) is 0 Å². The van der Waals surface area contributed by atoms with E-state index in [2.05, 4.69) is 10.2 Å². The third-order valence-corrected chi connectivity index (χ3v) is 4.88. The van der Waals surface area contributed by atoms with Crippen molar-refractivity contribution in [1.82, 2.24) is 10.2 Å². The maximum absolute atomic E-state index is 12.5. The number of carbonyl (C=O) groups is 1. The van der Waals surface area contributed by atoms with Gasteiger partial charge in [0.1, 0.15) is 0 Å². The first kappa shape index (κ1) is 11.5. The van der Waals surface area contributed by atoms with Crippen LogP contribution in [-0.4, -0.2) is 36.0 Å². The highest BCUT2D eigenvalue weighted by Crippen LogP contribution is 2.32. The fourth-order valence-electron chi connectivity index (χ4n) is 3.96. The molecule has 3 heteroatoms. The Hall–Kier alpha value is -0.570. The van der Waals surface area contributed by atoms with Crippen molar-refractivity contribution < 1.29 is 4.79 Å². The van der Waals surface area contributed by atoms with Crippen LogP contribution in [-0.2, 0) is 4.79 Å². The molecule has 1 N–H and O–H groups in total. The van der Waals surface area contributed by atoms with Gasteiger partial charge in [0.15, 0.2) is 0 Å². The van der Waals surface area contributed by atoms with E-state index in [-0.39, 0.29) is 0 Å². The molecule has 0 aromatic heterocycles. The van der Waals surface area contributed by atoms with Crippen LogP contribution in [0.2, 0.25) is 0 Å². The van der Waals surface area contributed by atoms with Gasteiger partial charge in [-0.05, 0) is 44.6 Å². The Morgan fingerprint density at radius 2 is 1.82 bits per heavy atom. The Morgan fingerprint density at radius 3 is 2.65 bits per heavy atom. The molecule has 3 nitrogen and oxygen atoms in total. The van der Waals surface area contributed by atoms with Crippen LogP contribution in [0.25, 0.3) is 0 Å². The average molecular weight is 236 g/mol. The Bertz CT molecular complexity index is 272. The van der Waals surface area contributed by atoms with Crippen LogP contribution in [0.1, 0.15) is 51.4 Å². The minimum absolute atomic E-state index is 0.452. The molecule has 96 valence electrons. The van der Waals surface area contributed by atoms with Gasteiger partial charge in [-0.15, -0.1) is 0 Å². The minimum Gasteiger partial charge on any atom is -0.335 e. The molecule has 3 rings (SSSR count). The van der Waals surface area contributed by atoms with Crippen LogP contribution < -0.4 is 5.32 Å². The Labute approximate surface area is 104 Å². The highest BCUT2D eigenvalue weighted by atomic mass is 16.2. The molecule has 2 aliphatic heterocycles. The van der Waals surface area contributed by atoms with Gasteiger partial charge in [0.2, 0.25) is 5.91 Å². The number of nitrogens with zero attached hydrogens (tertiary/aromatic N) is 1. The van der Waals surface area contributed by atoms with E-state index < -0.39 is 0 Å². The molecule has 3 aliphatic rings. The van der Waals surface area contributed by atoms with Crippen LogP contribution in [0.3, 0.4) is 0 Å². The van der Waals surface area contributed by atoms with Crippen LogP contribution in [0.15, 0.2) is 0 Å². The van der Waals surface area contributed by atoms with Gasteiger partial charge >= 0.3 is 0 Å². The molecule has 2 bridgehead atoms. The summed E-state index contributed by atoms with van der Waals surface area (Å²) in [6.07, 6.45) is 9.69. The van der Waals surface area contributed by atoms with E-state index in [1.165, 1.54) is 38.5 Å². The number of amides is 1. The van der Waals surface area contributed by atoms with E-state index in [4.69, 9.17) is 0 Å². The molecule has 1 aliphatic carbocycles. The zero-order chi connectivity index (χ0) is 11.7. The third kappa shape index (κ3) is 2.35. The monoisotopic (exact) mass is 236 g/mol. The van der Waals surface area contributed by atoms with Crippen LogP contribution in [0, 0.1) is 5.92 Å². The molecule has 0 aromatic rings. The third-order valence-electron chi connectivity index (χ3n) is 4.88. The summed E-state index contributed by atoms with van der Waals surface area (Å²) in [6, 6.07) is 1.04. The fourth-order valence-corrected chi connectivity index (χ4v) is 3.96. The molecule has 0 aromatic carbocycles. The van der Waals surface area contributed by atoms with Gasteiger partial charge in [-0.1, -0.05) is 12.8 Å². The molecular weight excluding hydrogens is 212 g/mol. The van der Waals surface area contributed by atoms with E-state index >= 15 is 0 Å². The summed E-state index contributed by atoms with van der Waals surface area (Å²) in [5, 5.41) is 3.46. The van der Waals surface area contributed by atoms with Crippen molar-refractivity contribution in [3.8, 4) is 0 Å². The molecule has 0 radical (unpaired) electrons. The van der Waals surface area contributed by atoms with Crippen molar-refractivity contribution in [3.05, 3.63) is 0 Å². The molecule has 17 heavy (non-hydrogen) atoms. The molecule has 1 amide bonds. The topological polar surface area (TPSA) is 32.3 Å². The normalized spacial score (nSPS) is 34.0. The second-order valence-electron chi connectivity index (χ2n) is 6.03. The van der Waals surface area contributed by atoms with Gasteiger partial charge in [0, 0.05) is 25.0 Å². The summed E-state index contributed by atoms with van der Waals surface area (Å²) in [5.41, 5.74) is 0. The van der Waals surface area contributed by atoms with Crippen molar-refractivity contribution >= 4 is 5.91 Å². The molecule has 0 spiro atoms. The average Bonchev–Trinajstić information content (AvgIpc) is 2.85. The molecule has 2 unspecified atom stereocenters. The van der Waals surface area contributed by atoms with Crippen molar-refractivity contribution in [3.63, 3.8) is 0 Å². The van der Waals surface area contributed by atoms with Gasteiger partial charge in [-0.25, -0.2) is 0 Å². The molecule has 1 saturated carbocycles. The molecular formula is C14H24N2O. The Kier molecular flexibility index (Phi) is 3.37. The minimum atomic E-state index is 0.452. The highest BCUT2D eigenvalue weighted by molar-refractivity contribution is 5.77. The second-order valence-corrected chi connectivity index (χ2v) is 6.03. The lowest BCUT2D eigenvalue weighted by atomic mass is 10.0. The quantitative estimate of drug-likeness (QED) is 0.794. The first-order valence-electron chi connectivity index (χ1n) is 7.36. The maximum atomic E-state index is 12.5. The SMILES string of the molecule is O=C(CC1CCCC1)N1C2CCNCC1CC2. The predicted molar refractivity (Wildman–Crippen MR) is 67.7 cm³/mol. The summed E-state index contributed by atoms with van der Waals surface area (Å²) in [5.74, 6) is 1.14. The standard InChI is InChI=1S/C14H24N2O/c17-14(9-11-3-1-2-4-11)16-12-5-6-13(16)10-15-8-7-12/h11-13,15H,1-10H2. The van der Waals surface area contributed by atoms with Crippen LogP contribution in [0.4, 0.5) is 0 Å². The Morgan fingerprint density at radius 1 is 1.06 bits per heavy atom. The number of nitrogens with one attached hydrogen (secondary N) is 1. The van der Waals surface area contributed by atoms with E-state index in [9.17, 15) is 4.79 Å². The highest BCUT2D eigenvalue weighted by Gasteiger charge is 2.38. The second kappa shape index (κ2) is 4.97. The largest absolute Gasteiger partial charge is 0.335 e. The number of carbonyl (C=O) groups excluding carboxylic acids is 1. The number of hydrogen-bond donors (Lipinski definition) is 1. The van der Waals surface area contributed by atoms with E-state index in [0.29, 0.717) is 23.9 Å². The summed E-state index contributed by atoms with van der Waals surface area (Å²) >= 11 is 0. The number of fused-ring (bicyclic) bond motifs is 2. The molecule has 2 atom stereocenters. The van der Waals surface area contributed by atoms with Crippen LogP contribution >= 0.6 is 0 Å². The summed E-state index contributed by atoms with van der Waals surface area (Å²) in [7, 11) is 0. The molecule has 2 saturated heterocycles. The lowest BCUT2D eigenvalue weighted by molar-refractivity contribution is -0.134. The van der Waals surface area contributed by atoms with Gasteiger partial charge in [0.25, 0.3) is 0 Å². The van der Waals surface area contributed by atoms with Gasteiger partial charge < -0.3 is 10.2 Å². The van der Waals surface area contributed by atoms with Crippen molar-refractivity contribution in [2.75, 3.05) is 13.1 Å². The van der Waals surface area contributed by atoms with Gasteiger partial charge in [-0.3, -0.25) is 4.79 Å². The number of hydrogen-bond acceptors (Lipinski definition) is 2. The predicted octanol–water partition coefficient (Wildman–Crippen LogP) is 1.92. The van der Waals surface area contributed by atoms with Crippen molar-refractivity contribution in [2.24, 2.45) is 5.92 Å². The van der Waals surface area contributed by atoms with Crippen molar-refractivity contribution in [1.29, 1.82) is 0 Å². The zero-order valence-electron chi connectivity index (χ0n) is 10.7. The first-order valence-corrected chi connectivity index (χ1v) is 7.36. The van der Waals surface area contributed by atoms with Gasteiger partial charge in [-0.2, -0.15) is 0 Å². The van der Waals surface area contributed by atoms with Gasteiger partial charge in [0.05, 0.1) is 0 Å². The number of rotatable bonds is 2.